The van der Waals surface area contributed by atoms with Crippen LogP contribution in [0.5, 0.6) is 11.5 Å². The van der Waals surface area contributed by atoms with E-state index in [4.69, 9.17) is 9.47 Å². The fourth-order valence-electron chi connectivity index (χ4n) is 8.76. The molecule has 0 spiro atoms. The van der Waals surface area contributed by atoms with Crippen LogP contribution in [0.15, 0.2) is 96.1 Å². The summed E-state index contributed by atoms with van der Waals surface area (Å²) in [5, 5.41) is 3.72. The van der Waals surface area contributed by atoms with E-state index >= 15 is 0 Å². The molecule has 4 aromatic carbocycles. The van der Waals surface area contributed by atoms with E-state index in [0.717, 1.165) is 82.8 Å². The molecule has 2 aliphatic carbocycles. The van der Waals surface area contributed by atoms with Crippen LogP contribution < -0.4 is 9.47 Å². The number of ether oxygens (including phenoxy) is 2. The summed E-state index contributed by atoms with van der Waals surface area (Å²) in [4.78, 5) is 60.3. The smallest absolute Gasteiger partial charge is 0.197 e. The lowest BCUT2D eigenvalue weighted by Crippen LogP contribution is -2.27. The van der Waals surface area contributed by atoms with E-state index in [2.05, 4.69) is 0 Å². The first-order valence-corrected chi connectivity index (χ1v) is 22.1. The number of fused-ring (bicyclic) bond motifs is 13. The first-order valence-electron chi connectivity index (χ1n) is 18.8. The first kappa shape index (κ1) is 34.3. The van der Waals surface area contributed by atoms with Gasteiger partial charge in [-0.3, -0.25) is 19.2 Å². The van der Waals surface area contributed by atoms with Crippen molar-refractivity contribution in [1.82, 2.24) is 0 Å². The van der Waals surface area contributed by atoms with Crippen molar-refractivity contribution in [1.29, 1.82) is 0 Å². The van der Waals surface area contributed by atoms with Crippen LogP contribution in [0.25, 0.3) is 62.6 Å². The molecule has 4 aromatic heterocycles. The van der Waals surface area contributed by atoms with Crippen LogP contribution in [0.4, 0.5) is 0 Å². The average Bonchev–Trinajstić information content (AvgIpc) is 4.04. The van der Waals surface area contributed by atoms with E-state index in [1.54, 1.807) is 57.5 Å². The van der Waals surface area contributed by atoms with Gasteiger partial charge < -0.3 is 9.47 Å². The second-order valence-corrected chi connectivity index (χ2v) is 20.3. The minimum Gasteiger partial charge on any atom is -0.480 e. The van der Waals surface area contributed by atoms with Crippen LogP contribution in [0.1, 0.15) is 90.0 Å². The number of allylic oxidation sites excluding steroid dienone is 2. The van der Waals surface area contributed by atoms with Gasteiger partial charge in [-0.25, -0.2) is 0 Å². The molecule has 0 saturated carbocycles. The standard InChI is InChI=1S/C48H28O6S4/c1-47(2)33-19-25(17-31-35(49)27-13-21-9-5-6-10-22(21)14-28(27)36(31)50)55-41(33)43-39(53-47)45-46(57-43)40-44(58-45)42-34(48(3,4)54-40)20-26(56-42)18-32-37(51)29-15-23-11-7-8-12-24(23)16-30(29)38(32)52/h5-20H,1-4H3. The lowest BCUT2D eigenvalue weighted by atomic mass is 9.94. The Labute approximate surface area is 347 Å². The average molecular weight is 829 g/mol. The minimum absolute atomic E-state index is 0.182. The van der Waals surface area contributed by atoms with Crippen molar-refractivity contribution in [3.05, 3.63) is 139 Å². The highest BCUT2D eigenvalue weighted by Gasteiger charge is 2.43. The number of Topliss-reactive ketones (excluding diaryl/α,β-unsaturated/α-hetero) is 4. The largest absolute Gasteiger partial charge is 0.480 e. The quantitative estimate of drug-likeness (QED) is 0.127. The molecule has 6 heterocycles. The SMILES string of the molecule is CC1(C)Oc2c(sc3c4c(sc23)-c2sc(C=C3C(=O)c5cc6ccccc6cc5C3=O)cc2C(C)(C)O4)-c2sc(C=C3C(=O)c4cc5ccccc5cc4C3=O)cc21. The van der Waals surface area contributed by atoms with Crippen LogP contribution in [-0.4, -0.2) is 23.1 Å². The Morgan fingerprint density at radius 1 is 0.448 bits per heavy atom. The first-order chi connectivity index (χ1) is 27.8. The number of carbonyl (C=O) groups is 4. The summed E-state index contributed by atoms with van der Waals surface area (Å²) < 4.78 is 15.7. The van der Waals surface area contributed by atoms with Gasteiger partial charge in [0.25, 0.3) is 0 Å². The molecule has 6 nitrogen and oxygen atoms in total. The van der Waals surface area contributed by atoms with E-state index in [-0.39, 0.29) is 34.3 Å². The molecular formula is C48H28O6S4. The number of rotatable bonds is 2. The lowest BCUT2D eigenvalue weighted by molar-refractivity contribution is 0.0975. The van der Waals surface area contributed by atoms with Gasteiger partial charge in [-0.2, -0.15) is 0 Å². The van der Waals surface area contributed by atoms with Crippen LogP contribution >= 0.6 is 45.3 Å². The molecule has 0 N–H and O–H groups in total. The predicted molar refractivity (Wildman–Crippen MR) is 235 cm³/mol. The molecule has 0 saturated heterocycles. The topological polar surface area (TPSA) is 86.7 Å². The zero-order valence-electron chi connectivity index (χ0n) is 31.3. The van der Waals surface area contributed by atoms with Gasteiger partial charge in [0.15, 0.2) is 34.6 Å². The van der Waals surface area contributed by atoms with Gasteiger partial charge in [-0.15, -0.1) is 45.3 Å². The fourth-order valence-corrected chi connectivity index (χ4v) is 14.1. The Balaban J connectivity index is 0.926. The van der Waals surface area contributed by atoms with E-state index in [1.807, 2.05) is 113 Å². The highest BCUT2D eigenvalue weighted by Crippen LogP contribution is 2.64. The maximum Gasteiger partial charge on any atom is 0.197 e. The highest BCUT2D eigenvalue weighted by atomic mass is 32.1. The Hall–Kier alpha value is -5.78. The third kappa shape index (κ3) is 4.62. The predicted octanol–water partition coefficient (Wildman–Crippen LogP) is 12.9. The summed E-state index contributed by atoms with van der Waals surface area (Å²) in [6.07, 6.45) is 3.49. The second kappa shape index (κ2) is 11.4. The van der Waals surface area contributed by atoms with Crippen LogP contribution in [0, 0.1) is 0 Å². The summed E-state index contributed by atoms with van der Waals surface area (Å²) in [7, 11) is 0. The Kier molecular flexibility index (Phi) is 6.77. The maximum absolute atomic E-state index is 13.6. The fraction of sp³-hybridized carbons (Fsp3) is 0.125. The molecule has 58 heavy (non-hydrogen) atoms. The third-order valence-corrected chi connectivity index (χ3v) is 16.6. The summed E-state index contributed by atoms with van der Waals surface area (Å²) in [5.74, 6) is 0.624. The van der Waals surface area contributed by atoms with Gasteiger partial charge in [-0.05, 0) is 97.8 Å². The molecule has 8 aromatic rings. The van der Waals surface area contributed by atoms with Gasteiger partial charge in [0.2, 0.25) is 0 Å². The highest BCUT2D eigenvalue weighted by molar-refractivity contribution is 7.35. The Bertz CT molecular complexity index is 3040. The van der Waals surface area contributed by atoms with Crippen LogP contribution in [-0.2, 0) is 11.2 Å². The summed E-state index contributed by atoms with van der Waals surface area (Å²) in [6, 6.07) is 26.9. The van der Waals surface area contributed by atoms with Gasteiger partial charge in [-0.1, -0.05) is 48.5 Å². The van der Waals surface area contributed by atoms with Crippen LogP contribution in [0.2, 0.25) is 0 Å². The van der Waals surface area contributed by atoms with E-state index in [0.29, 0.717) is 22.3 Å². The third-order valence-electron chi connectivity index (χ3n) is 11.7. The molecule has 2 aliphatic heterocycles. The van der Waals surface area contributed by atoms with Crippen molar-refractivity contribution in [2.75, 3.05) is 0 Å². The molecule has 10 heteroatoms. The monoisotopic (exact) mass is 828 g/mol. The number of thiophene rings is 4. The Morgan fingerprint density at radius 3 is 1.10 bits per heavy atom. The van der Waals surface area contributed by atoms with Crippen molar-refractivity contribution in [3.63, 3.8) is 0 Å². The zero-order chi connectivity index (χ0) is 39.6. The minimum atomic E-state index is -0.685. The van der Waals surface area contributed by atoms with Gasteiger partial charge in [0, 0.05) is 43.1 Å². The van der Waals surface area contributed by atoms with Gasteiger partial charge in [0.05, 0.1) is 40.1 Å². The second-order valence-electron chi connectivity index (χ2n) is 16.1. The normalized spacial score (nSPS) is 16.9. The molecule has 12 rings (SSSR count). The van der Waals surface area contributed by atoms with Crippen molar-refractivity contribution >= 4 is 112 Å². The van der Waals surface area contributed by atoms with Crippen molar-refractivity contribution in [2.45, 2.75) is 38.9 Å². The molecule has 0 radical (unpaired) electrons. The zero-order valence-corrected chi connectivity index (χ0v) is 34.6. The lowest BCUT2D eigenvalue weighted by Gasteiger charge is -2.31. The molecule has 4 aliphatic rings. The Morgan fingerprint density at radius 2 is 0.776 bits per heavy atom. The number of hydrogen-bond donors (Lipinski definition) is 0. The molecule has 0 fully saturated rings. The van der Waals surface area contributed by atoms with Gasteiger partial charge in [0.1, 0.15) is 11.2 Å². The molecular weight excluding hydrogens is 801 g/mol. The number of hydrogen-bond acceptors (Lipinski definition) is 10. The van der Waals surface area contributed by atoms with Gasteiger partial charge >= 0.3 is 0 Å². The number of ketones is 4. The summed E-state index contributed by atoms with van der Waals surface area (Å²) in [5.41, 5.74) is 2.81. The van der Waals surface area contributed by atoms with E-state index < -0.39 is 11.2 Å². The van der Waals surface area contributed by atoms with Crippen molar-refractivity contribution in [2.24, 2.45) is 0 Å². The molecule has 0 atom stereocenters. The van der Waals surface area contributed by atoms with Crippen LogP contribution in [0.3, 0.4) is 0 Å². The number of benzene rings is 4. The number of carbonyl (C=O) groups excluding carboxylic acids is 4. The van der Waals surface area contributed by atoms with Crippen molar-refractivity contribution in [3.8, 4) is 31.0 Å². The van der Waals surface area contributed by atoms with E-state index in [9.17, 15) is 19.2 Å². The van der Waals surface area contributed by atoms with Crippen molar-refractivity contribution < 1.29 is 28.7 Å². The van der Waals surface area contributed by atoms with E-state index in [1.165, 1.54) is 0 Å². The molecule has 0 unspecified atom stereocenters. The molecule has 0 amide bonds. The summed E-state index contributed by atoms with van der Waals surface area (Å²) in [6.45, 7) is 8.19. The molecule has 0 bridgehead atoms. The summed E-state index contributed by atoms with van der Waals surface area (Å²) >= 11 is 6.40. The maximum atomic E-state index is 13.6. The molecule has 280 valence electrons.